The van der Waals surface area contributed by atoms with Crippen LogP contribution < -0.4 is 10.5 Å². The first-order valence-electron chi connectivity index (χ1n) is 8.48. The SMILES string of the molecule is NC(=O)CCC(c1ccccc1)c1ccc(Oc2ccc(Cl)cc2)cc1. The van der Waals surface area contributed by atoms with Gasteiger partial charge in [-0.2, -0.15) is 0 Å². The first-order chi connectivity index (χ1) is 12.6. The molecular formula is C22H20ClNO2. The fourth-order valence-corrected chi connectivity index (χ4v) is 3.03. The molecule has 1 unspecified atom stereocenters. The topological polar surface area (TPSA) is 52.3 Å². The zero-order chi connectivity index (χ0) is 18.4. The molecule has 0 fully saturated rings. The maximum atomic E-state index is 11.2. The molecule has 0 aliphatic rings. The highest BCUT2D eigenvalue weighted by Gasteiger charge is 2.15. The van der Waals surface area contributed by atoms with Crippen LogP contribution in [0.1, 0.15) is 29.9 Å². The van der Waals surface area contributed by atoms with Crippen molar-refractivity contribution in [3.8, 4) is 11.5 Å². The van der Waals surface area contributed by atoms with Gasteiger partial charge in [0.1, 0.15) is 11.5 Å². The molecule has 4 heteroatoms. The van der Waals surface area contributed by atoms with Gasteiger partial charge in [-0.3, -0.25) is 4.79 Å². The van der Waals surface area contributed by atoms with Crippen LogP contribution in [0, 0.1) is 0 Å². The standard InChI is InChI=1S/C22H20ClNO2/c23-18-8-12-20(13-9-18)26-19-10-6-17(7-11-19)21(14-15-22(24)25)16-4-2-1-3-5-16/h1-13,21H,14-15H2,(H2,24,25). The smallest absolute Gasteiger partial charge is 0.217 e. The number of hydrogen-bond acceptors (Lipinski definition) is 2. The average molecular weight is 366 g/mol. The van der Waals surface area contributed by atoms with Crippen molar-refractivity contribution in [1.82, 2.24) is 0 Å². The molecule has 0 spiro atoms. The molecule has 3 aromatic carbocycles. The fraction of sp³-hybridized carbons (Fsp3) is 0.136. The third-order valence-electron chi connectivity index (χ3n) is 4.21. The first kappa shape index (κ1) is 18.0. The van der Waals surface area contributed by atoms with Crippen molar-refractivity contribution < 1.29 is 9.53 Å². The normalized spacial score (nSPS) is 11.7. The Morgan fingerprint density at radius 2 is 1.38 bits per heavy atom. The predicted molar refractivity (Wildman–Crippen MR) is 105 cm³/mol. The van der Waals surface area contributed by atoms with Crippen LogP contribution >= 0.6 is 11.6 Å². The van der Waals surface area contributed by atoms with Crippen LogP contribution in [0.3, 0.4) is 0 Å². The van der Waals surface area contributed by atoms with Crippen LogP contribution in [0.4, 0.5) is 0 Å². The molecule has 0 heterocycles. The number of amides is 1. The highest BCUT2D eigenvalue weighted by molar-refractivity contribution is 6.30. The van der Waals surface area contributed by atoms with Gasteiger partial charge in [0.05, 0.1) is 0 Å². The summed E-state index contributed by atoms with van der Waals surface area (Å²) in [6, 6.07) is 25.3. The molecule has 0 saturated heterocycles. The summed E-state index contributed by atoms with van der Waals surface area (Å²) in [7, 11) is 0. The Hall–Kier alpha value is -2.78. The van der Waals surface area contributed by atoms with Gasteiger partial charge in [-0.25, -0.2) is 0 Å². The summed E-state index contributed by atoms with van der Waals surface area (Å²) in [4.78, 5) is 11.2. The van der Waals surface area contributed by atoms with E-state index in [9.17, 15) is 4.79 Å². The molecule has 0 bridgehead atoms. The number of carbonyl (C=O) groups is 1. The van der Waals surface area contributed by atoms with Gasteiger partial charge in [0, 0.05) is 17.4 Å². The summed E-state index contributed by atoms with van der Waals surface area (Å²) < 4.78 is 5.84. The van der Waals surface area contributed by atoms with Crippen LogP contribution in [-0.4, -0.2) is 5.91 Å². The quantitative estimate of drug-likeness (QED) is 0.598. The lowest BCUT2D eigenvalue weighted by Crippen LogP contribution is -2.12. The molecule has 26 heavy (non-hydrogen) atoms. The number of carbonyl (C=O) groups excluding carboxylic acids is 1. The Morgan fingerprint density at radius 1 is 0.846 bits per heavy atom. The van der Waals surface area contributed by atoms with Crippen molar-refractivity contribution in [1.29, 1.82) is 0 Å². The van der Waals surface area contributed by atoms with Crippen LogP contribution in [0.15, 0.2) is 78.9 Å². The predicted octanol–water partition coefficient (Wildman–Crippen LogP) is 5.53. The molecule has 2 N–H and O–H groups in total. The maximum Gasteiger partial charge on any atom is 0.217 e. The number of primary amides is 1. The van der Waals surface area contributed by atoms with Crippen LogP contribution in [0.2, 0.25) is 5.02 Å². The van der Waals surface area contributed by atoms with Gasteiger partial charge in [0.25, 0.3) is 0 Å². The van der Waals surface area contributed by atoms with Gasteiger partial charge in [0.2, 0.25) is 5.91 Å². The molecule has 0 saturated carbocycles. The summed E-state index contributed by atoms with van der Waals surface area (Å²) in [5.74, 6) is 1.31. The number of nitrogens with two attached hydrogens (primary N) is 1. The monoisotopic (exact) mass is 365 g/mol. The lowest BCUT2D eigenvalue weighted by Gasteiger charge is -2.18. The highest BCUT2D eigenvalue weighted by Crippen LogP contribution is 2.31. The Morgan fingerprint density at radius 3 is 1.96 bits per heavy atom. The van der Waals surface area contributed by atoms with Crippen LogP contribution in [0.5, 0.6) is 11.5 Å². The second-order valence-corrected chi connectivity index (χ2v) is 6.53. The van der Waals surface area contributed by atoms with Crippen molar-refractivity contribution in [2.75, 3.05) is 0 Å². The minimum atomic E-state index is -0.284. The largest absolute Gasteiger partial charge is 0.457 e. The summed E-state index contributed by atoms with van der Waals surface area (Å²) in [5, 5.41) is 0.674. The molecular weight excluding hydrogens is 346 g/mol. The molecule has 1 amide bonds. The van der Waals surface area contributed by atoms with Gasteiger partial charge in [-0.15, -0.1) is 0 Å². The average Bonchev–Trinajstić information content (AvgIpc) is 2.66. The number of hydrogen-bond donors (Lipinski definition) is 1. The van der Waals surface area contributed by atoms with Crippen molar-refractivity contribution in [2.24, 2.45) is 5.73 Å². The summed E-state index contributed by atoms with van der Waals surface area (Å²) in [6.07, 6.45) is 1.03. The lowest BCUT2D eigenvalue weighted by molar-refractivity contribution is -0.118. The molecule has 3 rings (SSSR count). The van der Waals surface area contributed by atoms with E-state index in [4.69, 9.17) is 22.1 Å². The molecule has 0 aromatic heterocycles. The number of halogens is 1. The Balaban J connectivity index is 1.78. The van der Waals surface area contributed by atoms with E-state index in [1.54, 1.807) is 12.1 Å². The van der Waals surface area contributed by atoms with E-state index in [1.807, 2.05) is 54.6 Å². The summed E-state index contributed by atoms with van der Waals surface area (Å²) in [5.41, 5.74) is 7.64. The van der Waals surface area contributed by atoms with E-state index in [0.29, 0.717) is 17.9 Å². The van der Waals surface area contributed by atoms with E-state index in [0.717, 1.165) is 17.1 Å². The second-order valence-electron chi connectivity index (χ2n) is 6.09. The van der Waals surface area contributed by atoms with Crippen molar-refractivity contribution >= 4 is 17.5 Å². The lowest BCUT2D eigenvalue weighted by atomic mass is 9.87. The van der Waals surface area contributed by atoms with Gasteiger partial charge < -0.3 is 10.5 Å². The van der Waals surface area contributed by atoms with E-state index >= 15 is 0 Å². The van der Waals surface area contributed by atoms with Crippen molar-refractivity contribution in [3.63, 3.8) is 0 Å². The van der Waals surface area contributed by atoms with E-state index < -0.39 is 0 Å². The van der Waals surface area contributed by atoms with Crippen molar-refractivity contribution in [2.45, 2.75) is 18.8 Å². The Kier molecular flexibility index (Phi) is 5.92. The molecule has 1 atom stereocenters. The van der Waals surface area contributed by atoms with Gasteiger partial charge >= 0.3 is 0 Å². The van der Waals surface area contributed by atoms with Crippen LogP contribution in [0.25, 0.3) is 0 Å². The van der Waals surface area contributed by atoms with Gasteiger partial charge in [0.15, 0.2) is 0 Å². The number of rotatable bonds is 7. The highest BCUT2D eigenvalue weighted by atomic mass is 35.5. The van der Waals surface area contributed by atoms with E-state index in [-0.39, 0.29) is 11.8 Å². The Bertz CT molecular complexity index is 846. The molecule has 3 aromatic rings. The fourth-order valence-electron chi connectivity index (χ4n) is 2.90. The maximum absolute atomic E-state index is 11.2. The first-order valence-corrected chi connectivity index (χ1v) is 8.86. The van der Waals surface area contributed by atoms with Gasteiger partial charge in [-0.1, -0.05) is 54.1 Å². The molecule has 3 nitrogen and oxygen atoms in total. The summed E-state index contributed by atoms with van der Waals surface area (Å²) in [6.45, 7) is 0. The third-order valence-corrected chi connectivity index (χ3v) is 4.47. The minimum Gasteiger partial charge on any atom is -0.457 e. The zero-order valence-corrected chi connectivity index (χ0v) is 15.0. The van der Waals surface area contributed by atoms with Crippen molar-refractivity contribution in [3.05, 3.63) is 95.0 Å². The third kappa shape index (κ3) is 4.87. The van der Waals surface area contributed by atoms with Crippen LogP contribution in [-0.2, 0) is 4.79 Å². The van der Waals surface area contributed by atoms with E-state index in [2.05, 4.69) is 12.1 Å². The zero-order valence-electron chi connectivity index (χ0n) is 14.3. The second kappa shape index (κ2) is 8.54. The minimum absolute atomic E-state index is 0.119. The molecule has 132 valence electrons. The molecule has 0 radical (unpaired) electrons. The number of benzene rings is 3. The summed E-state index contributed by atoms with van der Waals surface area (Å²) >= 11 is 5.89. The molecule has 0 aliphatic heterocycles. The molecule has 0 aliphatic carbocycles. The van der Waals surface area contributed by atoms with E-state index in [1.165, 1.54) is 5.56 Å². The Labute approximate surface area is 158 Å². The number of ether oxygens (including phenoxy) is 1. The van der Waals surface area contributed by atoms with Gasteiger partial charge in [-0.05, 0) is 53.9 Å².